The van der Waals surface area contributed by atoms with Crippen molar-refractivity contribution in [2.24, 2.45) is 0 Å². The SMILES string of the molecule is CO.O=C1CCNCC1. The zero-order valence-electron chi connectivity index (χ0n) is 5.68. The molecule has 1 fully saturated rings. The van der Waals surface area contributed by atoms with Crippen LogP contribution in [0.2, 0.25) is 0 Å². The molecule has 1 saturated heterocycles. The smallest absolute Gasteiger partial charge is 0.135 e. The van der Waals surface area contributed by atoms with E-state index in [0.717, 1.165) is 33.0 Å². The maximum atomic E-state index is 10.4. The summed E-state index contributed by atoms with van der Waals surface area (Å²) in [6, 6.07) is 0. The van der Waals surface area contributed by atoms with Crippen LogP contribution in [0.4, 0.5) is 0 Å². The summed E-state index contributed by atoms with van der Waals surface area (Å²) in [6.07, 6.45) is 1.47. The Kier molecular flexibility index (Phi) is 5.46. The van der Waals surface area contributed by atoms with Crippen LogP contribution in [-0.4, -0.2) is 31.1 Å². The summed E-state index contributed by atoms with van der Waals surface area (Å²) in [7, 11) is 1.00. The number of hydrogen-bond donors (Lipinski definition) is 2. The second-order valence-corrected chi connectivity index (χ2v) is 1.79. The van der Waals surface area contributed by atoms with Crippen molar-refractivity contribution in [2.75, 3.05) is 20.2 Å². The quantitative estimate of drug-likeness (QED) is 0.468. The Morgan fingerprint density at radius 3 is 2.00 bits per heavy atom. The zero-order chi connectivity index (χ0) is 7.11. The minimum atomic E-state index is 0.402. The van der Waals surface area contributed by atoms with E-state index in [0.29, 0.717) is 5.78 Å². The van der Waals surface area contributed by atoms with Crippen LogP contribution in [0.25, 0.3) is 0 Å². The number of ketones is 1. The first kappa shape index (κ1) is 8.59. The summed E-state index contributed by atoms with van der Waals surface area (Å²) in [4.78, 5) is 10.4. The fourth-order valence-electron chi connectivity index (χ4n) is 0.706. The van der Waals surface area contributed by atoms with Gasteiger partial charge in [0.1, 0.15) is 5.78 Å². The number of Topliss-reactive ketones (excluding diaryl/α,β-unsaturated/α-hetero) is 1. The summed E-state index contributed by atoms with van der Waals surface area (Å²) >= 11 is 0. The van der Waals surface area contributed by atoms with Crippen molar-refractivity contribution in [1.29, 1.82) is 0 Å². The molecule has 0 aliphatic carbocycles. The maximum Gasteiger partial charge on any atom is 0.135 e. The molecule has 3 nitrogen and oxygen atoms in total. The van der Waals surface area contributed by atoms with Crippen molar-refractivity contribution >= 4 is 5.78 Å². The number of nitrogens with one attached hydrogen (secondary N) is 1. The normalized spacial score (nSPS) is 18.2. The van der Waals surface area contributed by atoms with Gasteiger partial charge < -0.3 is 10.4 Å². The number of carbonyl (C=O) groups excluding carboxylic acids is 1. The molecule has 54 valence electrons. The van der Waals surface area contributed by atoms with Gasteiger partial charge in [-0.25, -0.2) is 0 Å². The van der Waals surface area contributed by atoms with Gasteiger partial charge in [0, 0.05) is 33.0 Å². The molecule has 0 radical (unpaired) electrons. The van der Waals surface area contributed by atoms with Gasteiger partial charge in [-0.3, -0.25) is 4.79 Å². The van der Waals surface area contributed by atoms with Crippen LogP contribution < -0.4 is 5.32 Å². The van der Waals surface area contributed by atoms with E-state index >= 15 is 0 Å². The van der Waals surface area contributed by atoms with Gasteiger partial charge in [-0.15, -0.1) is 0 Å². The lowest BCUT2D eigenvalue weighted by Gasteiger charge is -2.08. The van der Waals surface area contributed by atoms with Crippen LogP contribution in [0.1, 0.15) is 12.8 Å². The zero-order valence-corrected chi connectivity index (χ0v) is 5.68. The molecule has 1 heterocycles. The van der Waals surface area contributed by atoms with Crippen molar-refractivity contribution in [3.63, 3.8) is 0 Å². The van der Waals surface area contributed by atoms with Gasteiger partial charge in [0.05, 0.1) is 0 Å². The molecule has 0 amide bonds. The van der Waals surface area contributed by atoms with E-state index in [-0.39, 0.29) is 0 Å². The van der Waals surface area contributed by atoms with E-state index in [2.05, 4.69) is 5.32 Å². The molecule has 0 bridgehead atoms. The van der Waals surface area contributed by atoms with E-state index in [1.54, 1.807) is 0 Å². The minimum Gasteiger partial charge on any atom is -0.400 e. The first-order valence-electron chi connectivity index (χ1n) is 3.07. The Balaban J connectivity index is 0.000000291. The molecule has 0 unspecified atom stereocenters. The number of piperidine rings is 1. The average molecular weight is 131 g/mol. The highest BCUT2D eigenvalue weighted by Gasteiger charge is 2.04. The van der Waals surface area contributed by atoms with Crippen LogP contribution in [-0.2, 0) is 4.79 Å². The molecule has 0 aromatic rings. The van der Waals surface area contributed by atoms with E-state index in [9.17, 15) is 4.79 Å². The van der Waals surface area contributed by atoms with Gasteiger partial charge in [-0.05, 0) is 0 Å². The third-order valence-electron chi connectivity index (χ3n) is 1.16. The van der Waals surface area contributed by atoms with Crippen molar-refractivity contribution in [3.05, 3.63) is 0 Å². The van der Waals surface area contributed by atoms with Crippen molar-refractivity contribution < 1.29 is 9.90 Å². The van der Waals surface area contributed by atoms with Crippen LogP contribution in [0.3, 0.4) is 0 Å². The number of aliphatic hydroxyl groups is 1. The van der Waals surface area contributed by atoms with Crippen LogP contribution in [0.15, 0.2) is 0 Å². The molecule has 2 N–H and O–H groups in total. The van der Waals surface area contributed by atoms with Gasteiger partial charge in [-0.2, -0.15) is 0 Å². The summed E-state index contributed by atoms with van der Waals surface area (Å²) in [5, 5.41) is 10.1. The fourth-order valence-corrected chi connectivity index (χ4v) is 0.706. The van der Waals surface area contributed by atoms with Gasteiger partial charge in [0.25, 0.3) is 0 Å². The lowest BCUT2D eigenvalue weighted by atomic mass is 10.1. The van der Waals surface area contributed by atoms with E-state index in [1.165, 1.54) is 0 Å². The summed E-state index contributed by atoms with van der Waals surface area (Å²) in [5.41, 5.74) is 0. The highest BCUT2D eigenvalue weighted by atomic mass is 16.2. The topological polar surface area (TPSA) is 49.3 Å². The molecule has 0 aromatic heterocycles. The maximum absolute atomic E-state index is 10.4. The van der Waals surface area contributed by atoms with Crippen LogP contribution in [0, 0.1) is 0 Å². The lowest BCUT2D eigenvalue weighted by Crippen LogP contribution is -2.27. The Hall–Kier alpha value is -0.410. The molecule has 3 heteroatoms. The summed E-state index contributed by atoms with van der Waals surface area (Å²) < 4.78 is 0. The molecule has 0 aromatic carbocycles. The largest absolute Gasteiger partial charge is 0.400 e. The van der Waals surface area contributed by atoms with Crippen molar-refractivity contribution in [2.45, 2.75) is 12.8 Å². The summed E-state index contributed by atoms with van der Waals surface area (Å²) in [6.45, 7) is 1.78. The minimum absolute atomic E-state index is 0.402. The Bertz CT molecular complexity index is 75.1. The third kappa shape index (κ3) is 4.12. The molecule has 0 saturated carbocycles. The predicted octanol–water partition coefficient (Wildman–Crippen LogP) is -0.453. The molecular formula is C6H13NO2. The van der Waals surface area contributed by atoms with E-state index in [4.69, 9.17) is 5.11 Å². The lowest BCUT2D eigenvalue weighted by molar-refractivity contribution is -0.119. The van der Waals surface area contributed by atoms with Crippen LogP contribution in [0.5, 0.6) is 0 Å². The third-order valence-corrected chi connectivity index (χ3v) is 1.16. The van der Waals surface area contributed by atoms with E-state index in [1.807, 2.05) is 0 Å². The Morgan fingerprint density at radius 1 is 1.33 bits per heavy atom. The second-order valence-electron chi connectivity index (χ2n) is 1.79. The Morgan fingerprint density at radius 2 is 1.78 bits per heavy atom. The first-order chi connectivity index (χ1) is 4.39. The second kappa shape index (κ2) is 5.72. The fraction of sp³-hybridized carbons (Fsp3) is 0.833. The molecule has 1 aliphatic rings. The van der Waals surface area contributed by atoms with E-state index < -0.39 is 0 Å². The number of hydrogen-bond acceptors (Lipinski definition) is 3. The van der Waals surface area contributed by atoms with Gasteiger partial charge in [-0.1, -0.05) is 0 Å². The average Bonchev–Trinajstić information content (AvgIpc) is 1.94. The monoisotopic (exact) mass is 131 g/mol. The number of aliphatic hydroxyl groups excluding tert-OH is 1. The molecule has 1 rings (SSSR count). The van der Waals surface area contributed by atoms with Gasteiger partial charge in [0.2, 0.25) is 0 Å². The molecule has 1 aliphatic heterocycles. The van der Waals surface area contributed by atoms with Gasteiger partial charge >= 0.3 is 0 Å². The molecule has 0 spiro atoms. The highest BCUT2D eigenvalue weighted by molar-refractivity contribution is 5.79. The predicted molar refractivity (Wildman–Crippen MR) is 35.3 cm³/mol. The molecular weight excluding hydrogens is 118 g/mol. The van der Waals surface area contributed by atoms with Crippen LogP contribution >= 0.6 is 0 Å². The van der Waals surface area contributed by atoms with Gasteiger partial charge in [0.15, 0.2) is 0 Å². The number of carbonyl (C=O) groups is 1. The molecule has 9 heavy (non-hydrogen) atoms. The highest BCUT2D eigenvalue weighted by Crippen LogP contribution is 1.91. The standard InChI is InChI=1S/C5H9NO.CH4O/c7-5-1-3-6-4-2-5;1-2/h6H,1-4H2;2H,1H3. The van der Waals surface area contributed by atoms with Crippen molar-refractivity contribution in [1.82, 2.24) is 5.32 Å². The molecule has 0 atom stereocenters. The number of rotatable bonds is 0. The van der Waals surface area contributed by atoms with Crippen molar-refractivity contribution in [3.8, 4) is 0 Å². The first-order valence-corrected chi connectivity index (χ1v) is 3.07. The summed E-state index contributed by atoms with van der Waals surface area (Å²) in [5.74, 6) is 0.402. The Labute approximate surface area is 55.1 Å².